The van der Waals surface area contributed by atoms with Crippen LogP contribution in [0.1, 0.15) is 13.3 Å². The van der Waals surface area contributed by atoms with Gasteiger partial charge in [-0.05, 0) is 43.3 Å². The first-order valence-electron chi connectivity index (χ1n) is 8.25. The Morgan fingerprint density at radius 3 is 2.77 bits per heavy atom. The summed E-state index contributed by atoms with van der Waals surface area (Å²) in [6.07, 6.45) is 0.389. The summed E-state index contributed by atoms with van der Waals surface area (Å²) in [5.41, 5.74) is 0.974. The number of thiazole rings is 1. The Morgan fingerprint density at radius 1 is 1.27 bits per heavy atom. The van der Waals surface area contributed by atoms with Crippen LogP contribution in [0.4, 0.5) is 0 Å². The number of para-hydroxylation sites is 1. The van der Waals surface area contributed by atoms with E-state index in [1.807, 2.05) is 61.0 Å². The normalized spacial score (nSPS) is 11.9. The molecule has 1 amide bonds. The first kappa shape index (κ1) is 19.0. The maximum absolute atomic E-state index is 12.3. The van der Waals surface area contributed by atoms with Gasteiger partial charge in [-0.25, -0.2) is 0 Å². The van der Waals surface area contributed by atoms with E-state index in [-0.39, 0.29) is 5.91 Å². The fraction of sp³-hybridized carbons (Fsp3) is 0.263. The van der Waals surface area contributed by atoms with Crippen molar-refractivity contribution < 1.29 is 9.53 Å². The summed E-state index contributed by atoms with van der Waals surface area (Å²) in [5.74, 6) is 1.38. The van der Waals surface area contributed by atoms with Crippen molar-refractivity contribution in [2.75, 3.05) is 12.4 Å². The first-order valence-corrected chi connectivity index (χ1v) is 10.4. The Balaban J connectivity index is 1.72. The molecule has 0 N–H and O–H groups in total. The molecular weight excluding hydrogens is 388 g/mol. The van der Waals surface area contributed by atoms with E-state index in [0.29, 0.717) is 28.6 Å². The van der Waals surface area contributed by atoms with E-state index >= 15 is 0 Å². The van der Waals surface area contributed by atoms with Gasteiger partial charge in [0.15, 0.2) is 4.80 Å². The van der Waals surface area contributed by atoms with Gasteiger partial charge in [-0.2, -0.15) is 4.99 Å². The van der Waals surface area contributed by atoms with Crippen molar-refractivity contribution in [1.29, 1.82) is 0 Å². The molecule has 3 rings (SSSR count). The predicted molar refractivity (Wildman–Crippen MR) is 109 cm³/mol. The molecule has 0 spiro atoms. The molecule has 0 aliphatic rings. The van der Waals surface area contributed by atoms with Gasteiger partial charge in [0.1, 0.15) is 11.3 Å². The molecule has 0 atom stereocenters. The minimum Gasteiger partial charge on any atom is -0.492 e. The highest BCUT2D eigenvalue weighted by Crippen LogP contribution is 2.27. The number of carbonyl (C=O) groups is 1. The number of amides is 1. The predicted octanol–water partition coefficient (Wildman–Crippen LogP) is 4.90. The largest absolute Gasteiger partial charge is 0.492 e. The number of nitrogens with zero attached hydrogens (tertiary/aromatic N) is 2. The van der Waals surface area contributed by atoms with Crippen molar-refractivity contribution in [3.63, 3.8) is 0 Å². The second kappa shape index (κ2) is 8.75. The third-order valence-electron chi connectivity index (χ3n) is 3.70. The molecule has 7 heteroatoms. The van der Waals surface area contributed by atoms with Gasteiger partial charge in [0.25, 0.3) is 0 Å². The molecule has 4 nitrogen and oxygen atoms in total. The van der Waals surface area contributed by atoms with Gasteiger partial charge in [-0.15, -0.1) is 11.8 Å². The van der Waals surface area contributed by atoms with Crippen LogP contribution >= 0.6 is 34.7 Å². The van der Waals surface area contributed by atoms with Gasteiger partial charge in [-0.3, -0.25) is 4.79 Å². The number of aromatic nitrogens is 1. The number of rotatable bonds is 6. The van der Waals surface area contributed by atoms with Crippen LogP contribution in [-0.4, -0.2) is 22.8 Å². The van der Waals surface area contributed by atoms with Crippen LogP contribution in [0.2, 0.25) is 5.02 Å². The number of thioether (sulfide) groups is 1. The van der Waals surface area contributed by atoms with Crippen molar-refractivity contribution in [1.82, 2.24) is 4.57 Å². The summed E-state index contributed by atoms with van der Waals surface area (Å²) in [6.45, 7) is 2.56. The number of fused-ring (bicyclic) bond motifs is 1. The maximum Gasteiger partial charge on any atom is 0.249 e. The van der Waals surface area contributed by atoms with Gasteiger partial charge in [-0.1, -0.05) is 29.0 Å². The molecule has 0 saturated heterocycles. The average molecular weight is 407 g/mol. The van der Waals surface area contributed by atoms with Gasteiger partial charge in [0.2, 0.25) is 5.91 Å². The van der Waals surface area contributed by atoms with Gasteiger partial charge in [0.05, 0.1) is 11.3 Å². The molecule has 1 heterocycles. The zero-order chi connectivity index (χ0) is 18.5. The van der Waals surface area contributed by atoms with Crippen LogP contribution in [0.5, 0.6) is 5.75 Å². The number of hydrogen-bond acceptors (Lipinski definition) is 4. The molecule has 1 aromatic heterocycles. The molecule has 0 aliphatic carbocycles. The van der Waals surface area contributed by atoms with Gasteiger partial charge in [0, 0.05) is 29.1 Å². The summed E-state index contributed by atoms with van der Waals surface area (Å²) in [7, 11) is 1.91. The van der Waals surface area contributed by atoms with E-state index in [9.17, 15) is 4.79 Å². The summed E-state index contributed by atoms with van der Waals surface area (Å²) >= 11 is 9.00. The minimum atomic E-state index is -0.119. The minimum absolute atomic E-state index is 0.119. The van der Waals surface area contributed by atoms with Crippen LogP contribution in [-0.2, 0) is 11.8 Å². The molecule has 0 fully saturated rings. The summed E-state index contributed by atoms with van der Waals surface area (Å²) < 4.78 is 8.67. The molecular formula is C19H19ClN2O2S2. The quantitative estimate of drug-likeness (QED) is 0.547. The third kappa shape index (κ3) is 4.50. The zero-order valence-corrected chi connectivity index (χ0v) is 17.0. The third-order valence-corrected chi connectivity index (χ3v) is 6.07. The van der Waals surface area contributed by atoms with Crippen molar-refractivity contribution in [3.8, 4) is 5.75 Å². The SMILES string of the molecule is CCOc1cccc2sc(=NC(=O)CCSc3ccc(Cl)cc3)n(C)c12. The van der Waals surface area contributed by atoms with Crippen molar-refractivity contribution in [2.24, 2.45) is 12.0 Å². The summed E-state index contributed by atoms with van der Waals surface area (Å²) in [4.78, 5) is 18.3. The second-order valence-electron chi connectivity index (χ2n) is 5.54. The van der Waals surface area contributed by atoms with E-state index < -0.39 is 0 Å². The highest BCUT2D eigenvalue weighted by atomic mass is 35.5. The number of ether oxygens (including phenoxy) is 1. The molecule has 136 valence electrons. The number of hydrogen-bond donors (Lipinski definition) is 0. The van der Waals surface area contributed by atoms with E-state index in [1.54, 1.807) is 11.8 Å². The second-order valence-corrected chi connectivity index (χ2v) is 8.15. The maximum atomic E-state index is 12.3. The fourth-order valence-electron chi connectivity index (χ4n) is 2.50. The smallest absolute Gasteiger partial charge is 0.249 e. The Labute approximate surface area is 165 Å². The Bertz CT molecular complexity index is 977. The van der Waals surface area contributed by atoms with E-state index in [0.717, 1.165) is 20.9 Å². The topological polar surface area (TPSA) is 43.6 Å². The van der Waals surface area contributed by atoms with E-state index in [1.165, 1.54) is 11.3 Å². The molecule has 0 bridgehead atoms. The molecule has 0 saturated carbocycles. The summed E-state index contributed by atoms with van der Waals surface area (Å²) in [6, 6.07) is 13.5. The lowest BCUT2D eigenvalue weighted by molar-refractivity contribution is -0.117. The molecule has 26 heavy (non-hydrogen) atoms. The lowest BCUT2D eigenvalue weighted by Crippen LogP contribution is -2.13. The van der Waals surface area contributed by atoms with Crippen molar-refractivity contribution in [3.05, 3.63) is 52.3 Å². The highest BCUT2D eigenvalue weighted by molar-refractivity contribution is 7.99. The Hall–Kier alpha value is -1.76. The monoisotopic (exact) mass is 406 g/mol. The molecule has 0 radical (unpaired) electrons. The summed E-state index contributed by atoms with van der Waals surface area (Å²) in [5, 5.41) is 0.712. The lowest BCUT2D eigenvalue weighted by Gasteiger charge is -2.05. The number of aryl methyl sites for hydroxylation is 1. The standard InChI is InChI=1S/C19H19ClN2O2S2/c1-3-24-15-5-4-6-16-18(15)22(2)19(26-16)21-17(23)11-12-25-14-9-7-13(20)8-10-14/h4-10H,3,11-12H2,1-2H3. The molecule has 0 unspecified atom stereocenters. The number of benzene rings is 2. The number of carbonyl (C=O) groups excluding carboxylic acids is 1. The van der Waals surface area contributed by atoms with E-state index in [2.05, 4.69) is 4.99 Å². The van der Waals surface area contributed by atoms with Crippen LogP contribution in [0, 0.1) is 0 Å². The van der Waals surface area contributed by atoms with Crippen LogP contribution in [0.15, 0.2) is 52.4 Å². The highest BCUT2D eigenvalue weighted by Gasteiger charge is 2.10. The van der Waals surface area contributed by atoms with Crippen LogP contribution in [0.25, 0.3) is 10.2 Å². The lowest BCUT2D eigenvalue weighted by atomic mass is 10.3. The van der Waals surface area contributed by atoms with Crippen LogP contribution in [0.3, 0.4) is 0 Å². The van der Waals surface area contributed by atoms with E-state index in [4.69, 9.17) is 16.3 Å². The number of halogens is 1. The average Bonchev–Trinajstić information content (AvgIpc) is 2.94. The van der Waals surface area contributed by atoms with Crippen molar-refractivity contribution in [2.45, 2.75) is 18.2 Å². The van der Waals surface area contributed by atoms with Gasteiger partial charge >= 0.3 is 0 Å². The Morgan fingerprint density at radius 2 is 2.04 bits per heavy atom. The molecule has 2 aromatic carbocycles. The first-order chi connectivity index (χ1) is 12.6. The van der Waals surface area contributed by atoms with Gasteiger partial charge < -0.3 is 9.30 Å². The Kier molecular flexibility index (Phi) is 6.40. The molecule has 3 aromatic rings. The molecule has 0 aliphatic heterocycles. The zero-order valence-electron chi connectivity index (χ0n) is 14.6. The fourth-order valence-corrected chi connectivity index (χ4v) is 4.52. The van der Waals surface area contributed by atoms with Crippen molar-refractivity contribution >= 4 is 50.8 Å². The van der Waals surface area contributed by atoms with Crippen LogP contribution < -0.4 is 9.54 Å².